The summed E-state index contributed by atoms with van der Waals surface area (Å²) in [5, 5.41) is 0. The van der Waals surface area contributed by atoms with E-state index >= 15 is 0 Å². The third-order valence-electron chi connectivity index (χ3n) is 3.71. The largest absolute Gasteiger partial charge is 0.333 e. The molecule has 2 aromatic carbocycles. The number of benzene rings is 2. The van der Waals surface area contributed by atoms with E-state index in [1.165, 1.54) is 29.8 Å². The van der Waals surface area contributed by atoms with Crippen LogP contribution >= 0.6 is 15.9 Å². The molecule has 0 spiro atoms. The van der Waals surface area contributed by atoms with Gasteiger partial charge in [-0.05, 0) is 40.2 Å². The number of hydrogen-bond acceptors (Lipinski definition) is 4. The van der Waals surface area contributed by atoms with Crippen molar-refractivity contribution in [3.8, 4) is 11.4 Å². The van der Waals surface area contributed by atoms with E-state index in [1.807, 2.05) is 0 Å². The van der Waals surface area contributed by atoms with E-state index in [0.29, 0.717) is 0 Å². The molecule has 28 heavy (non-hydrogen) atoms. The molecule has 146 valence electrons. The van der Waals surface area contributed by atoms with Crippen molar-refractivity contribution < 1.29 is 26.4 Å². The predicted molar refractivity (Wildman–Crippen MR) is 97.3 cm³/mol. The first-order chi connectivity index (χ1) is 13.1. The van der Waals surface area contributed by atoms with E-state index in [2.05, 4.69) is 20.9 Å². The Morgan fingerprint density at radius 3 is 2.25 bits per heavy atom. The fourth-order valence-corrected chi connectivity index (χ4v) is 4.57. The monoisotopic (exact) mass is 473 g/mol. The molecule has 0 radical (unpaired) electrons. The number of rotatable bonds is 4. The quantitative estimate of drug-likeness (QED) is 0.629. The van der Waals surface area contributed by atoms with Crippen molar-refractivity contribution in [1.29, 1.82) is 0 Å². The van der Waals surface area contributed by atoms with Crippen LogP contribution in [0.5, 0.6) is 0 Å². The summed E-state index contributed by atoms with van der Waals surface area (Å²) in [6.45, 7) is 0. The van der Waals surface area contributed by atoms with Crippen molar-refractivity contribution in [1.82, 2.24) is 14.3 Å². The molecule has 0 aliphatic rings. The molecular weight excluding hydrogens is 463 g/mol. The summed E-state index contributed by atoms with van der Waals surface area (Å²) in [4.78, 5) is 15.4. The zero-order valence-corrected chi connectivity index (χ0v) is 16.5. The molecular formula is C17H11BrF3N3O3S. The van der Waals surface area contributed by atoms with Gasteiger partial charge in [-0.3, -0.25) is 4.79 Å². The zero-order valence-electron chi connectivity index (χ0n) is 14.1. The molecule has 0 bridgehead atoms. The molecule has 1 N–H and O–H groups in total. The van der Waals surface area contributed by atoms with Gasteiger partial charge < -0.3 is 4.57 Å². The lowest BCUT2D eigenvalue weighted by Crippen LogP contribution is -2.31. The molecule has 0 saturated heterocycles. The predicted octanol–water partition coefficient (Wildman–Crippen LogP) is 3.39. The van der Waals surface area contributed by atoms with Gasteiger partial charge in [0.05, 0.1) is 5.56 Å². The molecule has 3 rings (SSSR count). The molecule has 1 heterocycles. The van der Waals surface area contributed by atoms with E-state index in [1.54, 1.807) is 4.72 Å². The van der Waals surface area contributed by atoms with Crippen molar-refractivity contribution in [2.45, 2.75) is 4.90 Å². The second-order valence-electron chi connectivity index (χ2n) is 5.64. The van der Waals surface area contributed by atoms with Crippen molar-refractivity contribution in [3.63, 3.8) is 0 Å². The van der Waals surface area contributed by atoms with E-state index in [0.717, 1.165) is 24.4 Å². The Kier molecular flexibility index (Phi) is 5.31. The fraction of sp³-hybridized carbons (Fsp3) is 0.0588. The minimum atomic E-state index is -4.57. The third-order valence-corrected chi connectivity index (χ3v) is 6.04. The average molecular weight is 474 g/mol. The maximum atomic E-state index is 14.0. The van der Waals surface area contributed by atoms with Crippen LogP contribution < -0.4 is 4.72 Å². The molecule has 0 unspecified atom stereocenters. The van der Waals surface area contributed by atoms with Crippen molar-refractivity contribution in [2.75, 3.05) is 0 Å². The Balaban J connectivity index is 1.97. The SMILES string of the molecule is Cn1cc(C(=O)NS(=O)(=O)c2c(F)cccc2Br)nc1-c1c(F)cccc1F. The number of imidazole rings is 1. The topological polar surface area (TPSA) is 81.1 Å². The van der Waals surface area contributed by atoms with Gasteiger partial charge in [-0.15, -0.1) is 0 Å². The van der Waals surface area contributed by atoms with E-state index in [-0.39, 0.29) is 10.3 Å². The van der Waals surface area contributed by atoms with Gasteiger partial charge in [-0.25, -0.2) is 31.3 Å². The first-order valence-corrected chi connectivity index (χ1v) is 9.88. The Labute approximate surface area is 166 Å². The first kappa shape index (κ1) is 20.1. The van der Waals surface area contributed by atoms with Gasteiger partial charge in [0.1, 0.15) is 33.9 Å². The molecule has 1 amide bonds. The maximum Gasteiger partial charge on any atom is 0.285 e. The number of aromatic nitrogens is 2. The van der Waals surface area contributed by atoms with Gasteiger partial charge in [0.25, 0.3) is 15.9 Å². The molecule has 1 aromatic heterocycles. The Hall–Kier alpha value is -2.66. The average Bonchev–Trinajstić information content (AvgIpc) is 2.96. The third kappa shape index (κ3) is 3.67. The highest BCUT2D eigenvalue weighted by Crippen LogP contribution is 2.26. The van der Waals surface area contributed by atoms with Gasteiger partial charge in [-0.1, -0.05) is 12.1 Å². The Bertz CT molecular complexity index is 1160. The first-order valence-electron chi connectivity index (χ1n) is 7.60. The number of sulfonamides is 1. The maximum absolute atomic E-state index is 14.0. The number of hydrogen-bond donors (Lipinski definition) is 1. The number of halogens is 4. The van der Waals surface area contributed by atoms with Crippen LogP contribution in [0.25, 0.3) is 11.4 Å². The fourth-order valence-electron chi connectivity index (χ4n) is 2.48. The standard InChI is InChI=1S/C17H11BrF3N3O3S/c1-24-8-13(22-16(24)14-10(19)5-3-6-11(14)20)17(25)23-28(26,27)15-9(18)4-2-7-12(15)21/h2-8H,1H3,(H,23,25). The highest BCUT2D eigenvalue weighted by atomic mass is 79.9. The molecule has 0 fully saturated rings. The van der Waals surface area contributed by atoms with Crippen LogP contribution in [0.1, 0.15) is 10.5 Å². The van der Waals surface area contributed by atoms with E-state index in [4.69, 9.17) is 0 Å². The lowest BCUT2D eigenvalue weighted by Gasteiger charge is -2.08. The lowest BCUT2D eigenvalue weighted by molar-refractivity contribution is 0.0977. The number of aryl methyl sites for hydroxylation is 1. The molecule has 0 saturated carbocycles. The summed E-state index contributed by atoms with van der Waals surface area (Å²) < 4.78 is 69.4. The van der Waals surface area contributed by atoms with Gasteiger partial charge in [-0.2, -0.15) is 0 Å². The van der Waals surface area contributed by atoms with Crippen LogP contribution in [-0.4, -0.2) is 23.9 Å². The van der Waals surface area contributed by atoms with Crippen LogP contribution in [0.3, 0.4) is 0 Å². The molecule has 0 aliphatic heterocycles. The Morgan fingerprint density at radius 1 is 1.07 bits per heavy atom. The van der Waals surface area contributed by atoms with Crippen molar-refractivity contribution in [2.24, 2.45) is 7.05 Å². The summed E-state index contributed by atoms with van der Waals surface area (Å²) in [6, 6.07) is 6.71. The molecule has 11 heteroatoms. The van der Waals surface area contributed by atoms with Crippen molar-refractivity contribution >= 4 is 31.9 Å². The van der Waals surface area contributed by atoms with Gasteiger partial charge in [0.15, 0.2) is 0 Å². The lowest BCUT2D eigenvalue weighted by atomic mass is 10.2. The number of nitrogens with one attached hydrogen (secondary N) is 1. The smallest absolute Gasteiger partial charge is 0.285 e. The number of nitrogens with zero attached hydrogens (tertiary/aromatic N) is 2. The van der Waals surface area contributed by atoms with Crippen LogP contribution in [0.2, 0.25) is 0 Å². The minimum absolute atomic E-state index is 0.0806. The number of carbonyl (C=O) groups is 1. The van der Waals surface area contributed by atoms with Crippen LogP contribution in [0, 0.1) is 17.5 Å². The van der Waals surface area contributed by atoms with Crippen LogP contribution in [-0.2, 0) is 17.1 Å². The molecule has 6 nitrogen and oxygen atoms in total. The number of amides is 1. The summed E-state index contributed by atoms with van der Waals surface area (Å²) in [7, 11) is -3.19. The summed E-state index contributed by atoms with van der Waals surface area (Å²) >= 11 is 2.92. The Morgan fingerprint density at radius 2 is 1.64 bits per heavy atom. The second-order valence-corrected chi connectivity index (χ2v) is 8.12. The normalized spacial score (nSPS) is 11.5. The molecule has 0 atom stereocenters. The van der Waals surface area contributed by atoms with E-state index < -0.39 is 49.5 Å². The van der Waals surface area contributed by atoms with Crippen molar-refractivity contribution in [3.05, 3.63) is 70.2 Å². The van der Waals surface area contributed by atoms with Gasteiger partial charge >= 0.3 is 0 Å². The van der Waals surface area contributed by atoms with E-state index in [9.17, 15) is 26.4 Å². The van der Waals surface area contributed by atoms with Crippen LogP contribution in [0.15, 0.2) is 52.0 Å². The molecule has 0 aliphatic carbocycles. The second kappa shape index (κ2) is 7.40. The summed E-state index contributed by atoms with van der Waals surface area (Å²) in [6.07, 6.45) is 1.10. The van der Waals surface area contributed by atoms with Gasteiger partial charge in [0.2, 0.25) is 0 Å². The zero-order chi connectivity index (χ0) is 20.6. The van der Waals surface area contributed by atoms with Crippen LogP contribution in [0.4, 0.5) is 13.2 Å². The minimum Gasteiger partial charge on any atom is -0.333 e. The highest BCUT2D eigenvalue weighted by molar-refractivity contribution is 9.10. The van der Waals surface area contributed by atoms with Gasteiger partial charge in [0, 0.05) is 17.7 Å². The number of carbonyl (C=O) groups excluding carboxylic acids is 1. The summed E-state index contributed by atoms with van der Waals surface area (Å²) in [5.41, 5.74) is -0.889. The summed E-state index contributed by atoms with van der Waals surface area (Å²) in [5.74, 6) is -4.27. The highest BCUT2D eigenvalue weighted by Gasteiger charge is 2.27. The molecule has 3 aromatic rings.